The van der Waals surface area contributed by atoms with Gasteiger partial charge >= 0.3 is 0 Å². The van der Waals surface area contributed by atoms with Crippen molar-refractivity contribution in [2.75, 3.05) is 13.7 Å². The zero-order valence-electron chi connectivity index (χ0n) is 11.6. The number of hydrogen-bond donors (Lipinski definition) is 1. The Hall–Kier alpha value is -1.02. The molecule has 17 heavy (non-hydrogen) atoms. The molecule has 0 atom stereocenters. The summed E-state index contributed by atoms with van der Waals surface area (Å²) in [5.74, 6) is 0.991. The van der Waals surface area contributed by atoms with Gasteiger partial charge in [-0.25, -0.2) is 0 Å². The van der Waals surface area contributed by atoms with Gasteiger partial charge in [0, 0.05) is 12.2 Å². The molecule has 2 heteroatoms. The van der Waals surface area contributed by atoms with E-state index >= 15 is 0 Å². The van der Waals surface area contributed by atoms with Gasteiger partial charge in [0.25, 0.3) is 0 Å². The first-order valence-electron chi connectivity index (χ1n) is 6.19. The highest BCUT2D eigenvalue weighted by Gasteiger charge is 2.20. The summed E-state index contributed by atoms with van der Waals surface area (Å²) in [6.07, 6.45) is 1.74. The number of methoxy groups -OCH3 is 1. The fraction of sp³-hybridized carbons (Fsp3) is 0.600. The molecule has 0 saturated heterocycles. The highest BCUT2D eigenvalue weighted by Crippen LogP contribution is 2.35. The fourth-order valence-corrected chi connectivity index (χ4v) is 2.10. The quantitative estimate of drug-likeness (QED) is 0.869. The number of rotatable bonds is 4. The Kier molecular flexibility index (Phi) is 4.58. The summed E-state index contributed by atoms with van der Waals surface area (Å²) in [6, 6.07) is 4.37. The smallest absolute Gasteiger partial charge is 0.125 e. The standard InChI is InChI=1S/C15H24O2/c1-11-9-12(7-6-8-16)10-13(14(11)17-5)15(2,3)4/h9-10,16H,6-8H2,1-5H3. The van der Waals surface area contributed by atoms with Crippen molar-refractivity contribution in [1.29, 1.82) is 0 Å². The van der Waals surface area contributed by atoms with Crippen LogP contribution in [-0.4, -0.2) is 18.8 Å². The summed E-state index contributed by atoms with van der Waals surface area (Å²) in [7, 11) is 1.73. The third-order valence-corrected chi connectivity index (χ3v) is 2.97. The molecule has 1 aromatic carbocycles. The van der Waals surface area contributed by atoms with Gasteiger partial charge in [-0.3, -0.25) is 0 Å². The summed E-state index contributed by atoms with van der Waals surface area (Å²) < 4.78 is 5.51. The van der Waals surface area contributed by atoms with Crippen molar-refractivity contribution in [3.05, 3.63) is 28.8 Å². The van der Waals surface area contributed by atoms with Crippen LogP contribution >= 0.6 is 0 Å². The molecule has 1 aromatic rings. The van der Waals surface area contributed by atoms with E-state index in [4.69, 9.17) is 9.84 Å². The lowest BCUT2D eigenvalue weighted by Crippen LogP contribution is -2.14. The minimum Gasteiger partial charge on any atom is -0.496 e. The van der Waals surface area contributed by atoms with E-state index < -0.39 is 0 Å². The van der Waals surface area contributed by atoms with Crippen LogP contribution in [0.3, 0.4) is 0 Å². The summed E-state index contributed by atoms with van der Waals surface area (Å²) in [5.41, 5.74) is 3.77. The van der Waals surface area contributed by atoms with Gasteiger partial charge in [0.2, 0.25) is 0 Å². The lowest BCUT2D eigenvalue weighted by atomic mass is 9.83. The minimum absolute atomic E-state index is 0.0747. The van der Waals surface area contributed by atoms with Gasteiger partial charge in [0.05, 0.1) is 7.11 Å². The Morgan fingerprint density at radius 3 is 2.35 bits per heavy atom. The van der Waals surface area contributed by atoms with Crippen LogP contribution in [-0.2, 0) is 11.8 Å². The molecule has 96 valence electrons. The number of aliphatic hydroxyl groups excluding tert-OH is 1. The second-order valence-corrected chi connectivity index (χ2v) is 5.57. The van der Waals surface area contributed by atoms with E-state index in [1.54, 1.807) is 7.11 Å². The van der Waals surface area contributed by atoms with Crippen molar-refractivity contribution in [2.24, 2.45) is 0 Å². The Labute approximate surface area is 105 Å². The van der Waals surface area contributed by atoms with Crippen molar-refractivity contribution in [2.45, 2.75) is 46.0 Å². The molecule has 2 nitrogen and oxygen atoms in total. The first kappa shape index (κ1) is 14.0. The summed E-state index contributed by atoms with van der Waals surface area (Å²) in [4.78, 5) is 0. The maximum atomic E-state index is 8.90. The van der Waals surface area contributed by atoms with Crippen LogP contribution < -0.4 is 4.74 Å². The summed E-state index contributed by atoms with van der Waals surface area (Å²) >= 11 is 0. The maximum absolute atomic E-state index is 8.90. The van der Waals surface area contributed by atoms with Crippen LogP contribution in [0.5, 0.6) is 5.75 Å². The highest BCUT2D eigenvalue weighted by molar-refractivity contribution is 5.47. The molecule has 0 fully saturated rings. The van der Waals surface area contributed by atoms with Crippen LogP contribution in [0.4, 0.5) is 0 Å². The molecule has 0 amide bonds. The summed E-state index contributed by atoms with van der Waals surface area (Å²) in [6.45, 7) is 8.91. The van der Waals surface area contributed by atoms with Gasteiger partial charge in [-0.2, -0.15) is 0 Å². The zero-order chi connectivity index (χ0) is 13.1. The van der Waals surface area contributed by atoms with E-state index in [-0.39, 0.29) is 12.0 Å². The number of aryl methyl sites for hydroxylation is 2. The Morgan fingerprint density at radius 1 is 1.24 bits per heavy atom. The van der Waals surface area contributed by atoms with Gasteiger partial charge in [-0.05, 0) is 36.3 Å². The van der Waals surface area contributed by atoms with Gasteiger partial charge in [-0.15, -0.1) is 0 Å². The SMILES string of the molecule is COc1c(C)cc(CCCO)cc1C(C)(C)C. The third kappa shape index (κ3) is 3.47. The fourth-order valence-electron chi connectivity index (χ4n) is 2.10. The molecule has 0 aromatic heterocycles. The molecule has 0 radical (unpaired) electrons. The molecule has 0 spiro atoms. The lowest BCUT2D eigenvalue weighted by Gasteiger charge is -2.24. The normalized spacial score (nSPS) is 11.6. The number of ether oxygens (including phenoxy) is 1. The number of aliphatic hydroxyl groups is 1. The average Bonchev–Trinajstić information content (AvgIpc) is 2.24. The van der Waals surface area contributed by atoms with Crippen LogP contribution in [0, 0.1) is 6.92 Å². The van der Waals surface area contributed by atoms with Gasteiger partial charge in [0.15, 0.2) is 0 Å². The molecule has 1 rings (SSSR count). The Morgan fingerprint density at radius 2 is 1.88 bits per heavy atom. The molecular formula is C15H24O2. The summed E-state index contributed by atoms with van der Waals surface area (Å²) in [5, 5.41) is 8.90. The van der Waals surface area contributed by atoms with Crippen molar-refractivity contribution in [3.63, 3.8) is 0 Å². The van der Waals surface area contributed by atoms with E-state index in [0.29, 0.717) is 0 Å². The topological polar surface area (TPSA) is 29.5 Å². The van der Waals surface area contributed by atoms with Gasteiger partial charge in [0.1, 0.15) is 5.75 Å². The predicted octanol–water partition coefficient (Wildman–Crippen LogP) is 3.23. The Bertz CT molecular complexity index is 375. The highest BCUT2D eigenvalue weighted by atomic mass is 16.5. The molecule has 0 saturated carbocycles. The monoisotopic (exact) mass is 236 g/mol. The van der Waals surface area contributed by atoms with Crippen molar-refractivity contribution in [3.8, 4) is 5.75 Å². The van der Waals surface area contributed by atoms with Crippen molar-refractivity contribution >= 4 is 0 Å². The third-order valence-electron chi connectivity index (χ3n) is 2.97. The number of benzene rings is 1. The van der Waals surface area contributed by atoms with Gasteiger partial charge < -0.3 is 9.84 Å². The molecule has 0 unspecified atom stereocenters. The van der Waals surface area contributed by atoms with Crippen LogP contribution in [0.1, 0.15) is 43.9 Å². The molecule has 0 aliphatic heterocycles. The average molecular weight is 236 g/mol. The van der Waals surface area contributed by atoms with E-state index in [2.05, 4.69) is 39.8 Å². The second-order valence-electron chi connectivity index (χ2n) is 5.57. The molecule has 0 bridgehead atoms. The predicted molar refractivity (Wildman–Crippen MR) is 71.8 cm³/mol. The van der Waals surface area contributed by atoms with Crippen LogP contribution in [0.25, 0.3) is 0 Å². The molecular weight excluding hydrogens is 212 g/mol. The second kappa shape index (κ2) is 5.54. The van der Waals surface area contributed by atoms with Crippen molar-refractivity contribution in [1.82, 2.24) is 0 Å². The zero-order valence-corrected chi connectivity index (χ0v) is 11.6. The van der Waals surface area contributed by atoms with E-state index in [0.717, 1.165) is 18.6 Å². The van der Waals surface area contributed by atoms with Crippen LogP contribution in [0.15, 0.2) is 12.1 Å². The van der Waals surface area contributed by atoms with Crippen molar-refractivity contribution < 1.29 is 9.84 Å². The Balaban J connectivity index is 3.19. The van der Waals surface area contributed by atoms with E-state index in [9.17, 15) is 0 Å². The largest absolute Gasteiger partial charge is 0.496 e. The van der Waals surface area contributed by atoms with E-state index in [1.807, 2.05) is 0 Å². The van der Waals surface area contributed by atoms with Gasteiger partial charge in [-0.1, -0.05) is 32.9 Å². The molecule has 0 aliphatic rings. The molecule has 0 aliphatic carbocycles. The number of hydrogen-bond acceptors (Lipinski definition) is 2. The first-order valence-corrected chi connectivity index (χ1v) is 6.19. The first-order chi connectivity index (χ1) is 7.90. The maximum Gasteiger partial charge on any atom is 0.125 e. The van der Waals surface area contributed by atoms with E-state index in [1.165, 1.54) is 16.7 Å². The minimum atomic E-state index is 0.0747. The lowest BCUT2D eigenvalue weighted by molar-refractivity contribution is 0.288. The van der Waals surface area contributed by atoms with Crippen LogP contribution in [0.2, 0.25) is 0 Å². The molecule has 1 N–H and O–H groups in total. The molecule has 0 heterocycles.